The van der Waals surface area contributed by atoms with Crippen molar-refractivity contribution in [3.8, 4) is 11.5 Å². The first-order valence-electron chi connectivity index (χ1n) is 9.42. The highest BCUT2D eigenvalue weighted by molar-refractivity contribution is 5.94. The van der Waals surface area contributed by atoms with Gasteiger partial charge in [0.05, 0.1) is 16.7 Å². The van der Waals surface area contributed by atoms with Gasteiger partial charge in [-0.15, -0.1) is 0 Å². The number of nitrogens with one attached hydrogen (secondary N) is 1. The number of aromatic nitrogens is 2. The lowest BCUT2D eigenvalue weighted by atomic mass is 10.2. The van der Waals surface area contributed by atoms with E-state index in [1.807, 2.05) is 13.0 Å². The van der Waals surface area contributed by atoms with Crippen LogP contribution in [-0.2, 0) is 11.0 Å². The van der Waals surface area contributed by atoms with E-state index < -0.39 is 28.7 Å². The predicted molar refractivity (Wildman–Crippen MR) is 110 cm³/mol. The van der Waals surface area contributed by atoms with Gasteiger partial charge in [0.25, 0.3) is 5.69 Å². The van der Waals surface area contributed by atoms with Crippen LogP contribution in [-0.4, -0.2) is 20.6 Å². The normalized spacial score (nSPS) is 12.3. The number of alkyl halides is 3. The van der Waals surface area contributed by atoms with Crippen molar-refractivity contribution >= 4 is 17.3 Å². The molecule has 1 heterocycles. The summed E-state index contributed by atoms with van der Waals surface area (Å²) in [5, 5.41) is 17.3. The smallest absolute Gasteiger partial charge is 0.435 e. The van der Waals surface area contributed by atoms with Crippen molar-refractivity contribution in [1.29, 1.82) is 0 Å². The summed E-state index contributed by atoms with van der Waals surface area (Å²) in [6.45, 7) is 4.62. The van der Waals surface area contributed by atoms with Gasteiger partial charge in [0.15, 0.2) is 5.69 Å². The Morgan fingerprint density at radius 2 is 1.88 bits per heavy atom. The number of hydrogen-bond acceptors (Lipinski definition) is 5. The van der Waals surface area contributed by atoms with Crippen molar-refractivity contribution in [2.45, 2.75) is 33.0 Å². The fourth-order valence-electron chi connectivity index (χ4n) is 3.01. The van der Waals surface area contributed by atoms with Crippen LogP contribution in [0.1, 0.15) is 29.9 Å². The monoisotopic (exact) mass is 448 g/mol. The summed E-state index contributed by atoms with van der Waals surface area (Å²) in [5.41, 5.74) is -0.322. The summed E-state index contributed by atoms with van der Waals surface area (Å²) < 4.78 is 45.3. The van der Waals surface area contributed by atoms with Crippen molar-refractivity contribution in [2.75, 3.05) is 5.32 Å². The number of non-ortho nitro benzene ring substituents is 1. The van der Waals surface area contributed by atoms with E-state index in [0.717, 1.165) is 22.4 Å². The van der Waals surface area contributed by atoms with Crippen LogP contribution >= 0.6 is 0 Å². The lowest BCUT2D eigenvalue weighted by Crippen LogP contribution is -2.25. The van der Waals surface area contributed by atoms with Gasteiger partial charge in [-0.05, 0) is 44.5 Å². The molecule has 0 aliphatic rings. The number of rotatable bonds is 6. The average molecular weight is 448 g/mol. The molecule has 1 aromatic heterocycles. The Kier molecular flexibility index (Phi) is 6.19. The first-order chi connectivity index (χ1) is 14.9. The minimum Gasteiger partial charge on any atom is -0.457 e. The van der Waals surface area contributed by atoms with Crippen molar-refractivity contribution in [1.82, 2.24) is 9.78 Å². The molecule has 0 fully saturated rings. The van der Waals surface area contributed by atoms with E-state index in [2.05, 4.69) is 10.4 Å². The van der Waals surface area contributed by atoms with Crippen molar-refractivity contribution in [3.05, 3.63) is 75.6 Å². The summed E-state index contributed by atoms with van der Waals surface area (Å²) in [4.78, 5) is 23.3. The van der Waals surface area contributed by atoms with Crippen molar-refractivity contribution in [3.63, 3.8) is 0 Å². The van der Waals surface area contributed by atoms with Gasteiger partial charge in [-0.2, -0.15) is 18.3 Å². The van der Waals surface area contributed by atoms with Crippen LogP contribution in [0.2, 0.25) is 0 Å². The zero-order chi connectivity index (χ0) is 23.6. The second-order valence-electron chi connectivity index (χ2n) is 7.17. The third-order valence-corrected chi connectivity index (χ3v) is 4.55. The number of nitrogens with zero attached hydrogens (tertiary/aromatic N) is 3. The highest BCUT2D eigenvalue weighted by Gasteiger charge is 2.35. The molecule has 11 heteroatoms. The molecule has 0 saturated heterocycles. The molecule has 168 valence electrons. The van der Waals surface area contributed by atoms with Gasteiger partial charge in [0, 0.05) is 17.8 Å². The Balaban J connectivity index is 1.85. The standard InChI is InChI=1S/C21H19F3N4O4/c1-12-5-4-6-17(7-12)32-18-10-15(9-16(11-18)28(30)31)25-20(29)14(3)27-13(2)8-19(26-27)21(22,23)24/h4-11,14H,1-3H3,(H,25,29). The molecule has 1 N–H and O–H groups in total. The molecule has 0 radical (unpaired) electrons. The topological polar surface area (TPSA) is 99.3 Å². The Hall–Kier alpha value is -3.89. The Morgan fingerprint density at radius 1 is 1.16 bits per heavy atom. The number of anilines is 1. The fraction of sp³-hybridized carbons (Fsp3) is 0.238. The van der Waals surface area contributed by atoms with Crippen molar-refractivity contribution < 1.29 is 27.6 Å². The third-order valence-electron chi connectivity index (χ3n) is 4.55. The molecule has 0 spiro atoms. The van der Waals surface area contributed by atoms with E-state index in [4.69, 9.17) is 4.74 Å². The van der Waals surface area contributed by atoms with E-state index in [1.165, 1.54) is 26.0 Å². The molecule has 2 aromatic carbocycles. The quantitative estimate of drug-likeness (QED) is 0.401. The second-order valence-corrected chi connectivity index (χ2v) is 7.17. The molecule has 32 heavy (non-hydrogen) atoms. The summed E-state index contributed by atoms with van der Waals surface area (Å²) in [7, 11) is 0. The summed E-state index contributed by atoms with van der Waals surface area (Å²) in [6.07, 6.45) is -4.64. The number of carbonyl (C=O) groups is 1. The van der Waals surface area contributed by atoms with Gasteiger partial charge >= 0.3 is 6.18 Å². The number of halogens is 3. The van der Waals surface area contributed by atoms with Crippen LogP contribution in [0.4, 0.5) is 24.5 Å². The van der Waals surface area contributed by atoms with E-state index in [-0.39, 0.29) is 22.8 Å². The SMILES string of the molecule is Cc1cccc(Oc2cc(NC(=O)C(C)n3nc(C(F)(F)F)cc3C)cc([N+](=O)[O-])c2)c1. The molecule has 8 nitrogen and oxygen atoms in total. The molecule has 1 unspecified atom stereocenters. The van der Waals surface area contributed by atoms with Gasteiger partial charge in [-0.25, -0.2) is 0 Å². The maximum atomic E-state index is 12.9. The van der Waals surface area contributed by atoms with Gasteiger partial charge in [0.1, 0.15) is 17.5 Å². The van der Waals surface area contributed by atoms with Gasteiger partial charge < -0.3 is 10.1 Å². The fourth-order valence-corrected chi connectivity index (χ4v) is 3.01. The summed E-state index contributed by atoms with van der Waals surface area (Å²) >= 11 is 0. The van der Waals surface area contributed by atoms with Gasteiger partial charge in [-0.1, -0.05) is 12.1 Å². The Bertz CT molecular complexity index is 1170. The first-order valence-corrected chi connectivity index (χ1v) is 9.42. The first kappa shape index (κ1) is 22.8. The number of amides is 1. The van der Waals surface area contributed by atoms with Crippen LogP contribution in [0.15, 0.2) is 48.5 Å². The molecule has 0 aliphatic heterocycles. The van der Waals surface area contributed by atoms with E-state index in [1.54, 1.807) is 18.2 Å². The second kappa shape index (κ2) is 8.69. The zero-order valence-electron chi connectivity index (χ0n) is 17.3. The number of aryl methyl sites for hydroxylation is 2. The average Bonchev–Trinajstić information content (AvgIpc) is 3.09. The molecule has 0 bridgehead atoms. The zero-order valence-corrected chi connectivity index (χ0v) is 17.3. The largest absolute Gasteiger partial charge is 0.457 e. The number of hydrogen-bond donors (Lipinski definition) is 1. The molecule has 0 aliphatic carbocycles. The number of nitro benzene ring substituents is 1. The molecule has 0 saturated carbocycles. The molecule has 3 rings (SSSR count). The lowest BCUT2D eigenvalue weighted by molar-refractivity contribution is -0.384. The molecule has 1 atom stereocenters. The van der Waals surface area contributed by atoms with E-state index >= 15 is 0 Å². The Morgan fingerprint density at radius 3 is 2.47 bits per heavy atom. The van der Waals surface area contributed by atoms with Crippen LogP contribution in [0.3, 0.4) is 0 Å². The Labute approximate surface area is 180 Å². The highest BCUT2D eigenvalue weighted by Crippen LogP contribution is 2.32. The molecular formula is C21H19F3N4O4. The highest BCUT2D eigenvalue weighted by atomic mass is 19.4. The summed E-state index contributed by atoms with van der Waals surface area (Å²) in [6, 6.07) is 10.5. The third kappa shape index (κ3) is 5.23. The van der Waals surface area contributed by atoms with Crippen molar-refractivity contribution in [2.24, 2.45) is 0 Å². The molecule has 1 amide bonds. The van der Waals surface area contributed by atoms with Crippen LogP contribution in [0, 0.1) is 24.0 Å². The van der Waals surface area contributed by atoms with Gasteiger partial charge in [0.2, 0.25) is 5.91 Å². The number of ether oxygens (including phenoxy) is 1. The molecule has 3 aromatic rings. The number of nitro groups is 1. The van der Waals surface area contributed by atoms with Gasteiger partial charge in [-0.3, -0.25) is 19.6 Å². The molecular weight excluding hydrogens is 429 g/mol. The number of carbonyl (C=O) groups excluding carboxylic acids is 1. The lowest BCUT2D eigenvalue weighted by Gasteiger charge is -2.15. The van der Waals surface area contributed by atoms with E-state index in [9.17, 15) is 28.1 Å². The number of benzene rings is 2. The minimum atomic E-state index is -4.64. The predicted octanol–water partition coefficient (Wildman–Crippen LogP) is 5.42. The van der Waals surface area contributed by atoms with Crippen LogP contribution in [0.5, 0.6) is 11.5 Å². The van der Waals surface area contributed by atoms with Crippen LogP contribution < -0.4 is 10.1 Å². The summed E-state index contributed by atoms with van der Waals surface area (Å²) in [5.74, 6) is -0.141. The van der Waals surface area contributed by atoms with E-state index in [0.29, 0.717) is 5.75 Å². The maximum Gasteiger partial charge on any atom is 0.435 e. The minimum absolute atomic E-state index is 0.0551. The van der Waals surface area contributed by atoms with Crippen LogP contribution in [0.25, 0.3) is 0 Å². The maximum absolute atomic E-state index is 12.9.